The number of fused-ring (bicyclic) bond motifs is 1. The molecular formula is C30H37NO7. The zero-order valence-corrected chi connectivity index (χ0v) is 22.8. The summed E-state index contributed by atoms with van der Waals surface area (Å²) >= 11 is 0. The number of Topliss-reactive ketones (excluding diaryl/α,β-unsaturated/α-hetero) is 1. The maximum Gasteiger partial charge on any atom is 0.295 e. The molecule has 4 rings (SSSR count). The lowest BCUT2D eigenvalue weighted by atomic mass is 9.94. The molecule has 1 N–H and O–H groups in total. The minimum Gasteiger partial charge on any atom is -0.507 e. The summed E-state index contributed by atoms with van der Waals surface area (Å²) in [5.41, 5.74) is 2.09. The van der Waals surface area contributed by atoms with E-state index in [9.17, 15) is 14.7 Å². The van der Waals surface area contributed by atoms with E-state index in [0.717, 1.165) is 17.7 Å². The van der Waals surface area contributed by atoms with Crippen LogP contribution in [-0.4, -0.2) is 61.3 Å². The summed E-state index contributed by atoms with van der Waals surface area (Å²) in [6.07, 6.45) is 1.65. The van der Waals surface area contributed by atoms with Crippen LogP contribution in [0.15, 0.2) is 42.0 Å². The monoisotopic (exact) mass is 523 g/mol. The lowest BCUT2D eigenvalue weighted by molar-refractivity contribution is -0.140. The third-order valence-electron chi connectivity index (χ3n) is 6.78. The van der Waals surface area contributed by atoms with E-state index in [0.29, 0.717) is 48.2 Å². The van der Waals surface area contributed by atoms with Crippen molar-refractivity contribution < 1.29 is 33.6 Å². The minimum absolute atomic E-state index is 0.0361. The predicted octanol–water partition coefficient (Wildman–Crippen LogP) is 4.90. The van der Waals surface area contributed by atoms with Crippen molar-refractivity contribution in [3.8, 4) is 17.2 Å². The van der Waals surface area contributed by atoms with Gasteiger partial charge in [0.2, 0.25) is 0 Å². The van der Waals surface area contributed by atoms with E-state index in [4.69, 9.17) is 18.9 Å². The zero-order valence-electron chi connectivity index (χ0n) is 22.8. The number of benzene rings is 2. The van der Waals surface area contributed by atoms with Gasteiger partial charge in [0, 0.05) is 25.6 Å². The molecule has 38 heavy (non-hydrogen) atoms. The van der Waals surface area contributed by atoms with E-state index < -0.39 is 17.7 Å². The maximum atomic E-state index is 13.3. The van der Waals surface area contributed by atoms with Crippen molar-refractivity contribution in [3.05, 3.63) is 58.7 Å². The van der Waals surface area contributed by atoms with Crippen LogP contribution >= 0.6 is 0 Å². The first-order chi connectivity index (χ1) is 18.2. The molecule has 204 valence electrons. The van der Waals surface area contributed by atoms with E-state index in [-0.39, 0.29) is 30.6 Å². The van der Waals surface area contributed by atoms with Crippen LogP contribution < -0.4 is 14.2 Å². The van der Waals surface area contributed by atoms with Gasteiger partial charge in [0.1, 0.15) is 17.6 Å². The van der Waals surface area contributed by atoms with Crippen LogP contribution in [0, 0.1) is 5.92 Å². The summed E-state index contributed by atoms with van der Waals surface area (Å²) in [6.45, 7) is 9.52. The fourth-order valence-electron chi connectivity index (χ4n) is 4.86. The number of ketones is 1. The standard InChI is InChI=1S/C30H37NO7/c1-6-36-25-17-20(7-10-24(25)37-13-11-18(2)3)27-26(29(33)30(34)31(27)12-14-35-5)28(32)21-8-9-23-22(16-21)15-19(4)38-23/h7-10,16-19,27,32H,6,11-15H2,1-5H3/b28-26+. The van der Waals surface area contributed by atoms with E-state index in [2.05, 4.69) is 13.8 Å². The molecule has 0 saturated carbocycles. The molecule has 1 amide bonds. The largest absolute Gasteiger partial charge is 0.507 e. The van der Waals surface area contributed by atoms with Crippen LogP contribution in [0.4, 0.5) is 0 Å². The van der Waals surface area contributed by atoms with Crippen molar-refractivity contribution in [3.63, 3.8) is 0 Å². The van der Waals surface area contributed by atoms with Crippen molar-refractivity contribution >= 4 is 17.4 Å². The van der Waals surface area contributed by atoms with Gasteiger partial charge in [0.05, 0.1) is 31.4 Å². The van der Waals surface area contributed by atoms with Crippen LogP contribution in [0.3, 0.4) is 0 Å². The Hall–Kier alpha value is -3.52. The first kappa shape index (κ1) is 27.5. The average molecular weight is 524 g/mol. The lowest BCUT2D eigenvalue weighted by Gasteiger charge is -2.26. The minimum atomic E-state index is -0.808. The fraction of sp³-hybridized carbons (Fsp3) is 0.467. The Morgan fingerprint density at radius 1 is 1.11 bits per heavy atom. The van der Waals surface area contributed by atoms with E-state index in [1.807, 2.05) is 26.0 Å². The van der Waals surface area contributed by atoms with Crippen LogP contribution in [0.5, 0.6) is 17.2 Å². The van der Waals surface area contributed by atoms with Crippen LogP contribution in [0.25, 0.3) is 5.76 Å². The molecule has 0 bridgehead atoms. The second-order valence-electron chi connectivity index (χ2n) is 10.1. The number of hydrogen-bond acceptors (Lipinski definition) is 7. The number of likely N-dealkylation sites (tertiary alicyclic amines) is 1. The van der Waals surface area contributed by atoms with Gasteiger partial charge >= 0.3 is 0 Å². The number of rotatable bonds is 11. The SMILES string of the molecule is CCOc1cc(C2/C(=C(\O)c3ccc4c(c3)CC(C)O4)C(=O)C(=O)N2CCOC)ccc1OCCC(C)C. The van der Waals surface area contributed by atoms with Crippen LogP contribution in [-0.2, 0) is 20.7 Å². The molecule has 2 aliphatic heterocycles. The molecular weight excluding hydrogens is 486 g/mol. The number of amides is 1. The Labute approximate surface area is 224 Å². The summed E-state index contributed by atoms with van der Waals surface area (Å²) in [6, 6.07) is 9.92. The molecule has 8 heteroatoms. The molecule has 0 aliphatic carbocycles. The van der Waals surface area contributed by atoms with E-state index in [1.54, 1.807) is 24.3 Å². The number of ether oxygens (including phenoxy) is 4. The average Bonchev–Trinajstić information content (AvgIpc) is 3.38. The Morgan fingerprint density at radius 3 is 2.61 bits per heavy atom. The number of carbonyl (C=O) groups is 2. The number of aliphatic hydroxyl groups excluding tert-OH is 1. The van der Waals surface area contributed by atoms with E-state index >= 15 is 0 Å². The van der Waals surface area contributed by atoms with Gasteiger partial charge in [-0.25, -0.2) is 0 Å². The van der Waals surface area contributed by atoms with Crippen LogP contribution in [0.1, 0.15) is 56.8 Å². The van der Waals surface area contributed by atoms with Gasteiger partial charge in [-0.3, -0.25) is 9.59 Å². The molecule has 2 unspecified atom stereocenters. The van der Waals surface area contributed by atoms with Crippen molar-refractivity contribution in [1.82, 2.24) is 4.90 Å². The topological polar surface area (TPSA) is 94.5 Å². The third-order valence-corrected chi connectivity index (χ3v) is 6.78. The lowest BCUT2D eigenvalue weighted by Crippen LogP contribution is -2.32. The molecule has 0 radical (unpaired) electrons. The van der Waals surface area contributed by atoms with Gasteiger partial charge in [-0.1, -0.05) is 19.9 Å². The quantitative estimate of drug-likeness (QED) is 0.254. The molecule has 2 aromatic rings. The number of aliphatic hydroxyl groups is 1. The summed E-state index contributed by atoms with van der Waals surface area (Å²) in [5.74, 6) is 0.754. The maximum absolute atomic E-state index is 13.3. The highest BCUT2D eigenvalue weighted by Crippen LogP contribution is 2.42. The number of carbonyl (C=O) groups excluding carboxylic acids is 2. The highest BCUT2D eigenvalue weighted by atomic mass is 16.5. The molecule has 2 aromatic carbocycles. The smallest absolute Gasteiger partial charge is 0.295 e. The Balaban J connectivity index is 1.78. The summed E-state index contributed by atoms with van der Waals surface area (Å²) in [7, 11) is 1.54. The normalized spacial score (nSPS) is 20.1. The van der Waals surface area contributed by atoms with Crippen LogP contribution in [0.2, 0.25) is 0 Å². The van der Waals surface area contributed by atoms with Crippen molar-refractivity contribution in [2.75, 3.05) is 33.5 Å². The van der Waals surface area contributed by atoms with Gasteiger partial charge in [-0.15, -0.1) is 0 Å². The molecule has 2 aliphatic rings. The predicted molar refractivity (Wildman–Crippen MR) is 144 cm³/mol. The van der Waals surface area contributed by atoms with Gasteiger partial charge in [0.15, 0.2) is 11.5 Å². The summed E-state index contributed by atoms with van der Waals surface area (Å²) in [5, 5.41) is 11.4. The Kier molecular flexibility index (Phi) is 8.62. The van der Waals surface area contributed by atoms with Crippen molar-refractivity contribution in [2.45, 2.75) is 52.7 Å². The third kappa shape index (κ3) is 5.65. The van der Waals surface area contributed by atoms with Gasteiger partial charge < -0.3 is 29.0 Å². The molecule has 0 aromatic heterocycles. The summed E-state index contributed by atoms with van der Waals surface area (Å²) < 4.78 is 22.8. The number of methoxy groups -OCH3 is 1. The van der Waals surface area contributed by atoms with Gasteiger partial charge in [-0.05, 0) is 67.6 Å². The molecule has 0 spiro atoms. The first-order valence-electron chi connectivity index (χ1n) is 13.2. The Morgan fingerprint density at radius 2 is 1.89 bits per heavy atom. The summed E-state index contributed by atoms with van der Waals surface area (Å²) in [4.78, 5) is 27.9. The van der Waals surface area contributed by atoms with Crippen molar-refractivity contribution in [1.29, 1.82) is 0 Å². The van der Waals surface area contributed by atoms with Gasteiger partial charge in [-0.2, -0.15) is 0 Å². The Bertz CT molecular complexity index is 1220. The molecule has 2 atom stereocenters. The molecule has 8 nitrogen and oxygen atoms in total. The highest BCUT2D eigenvalue weighted by molar-refractivity contribution is 6.46. The fourth-order valence-corrected chi connectivity index (χ4v) is 4.86. The van der Waals surface area contributed by atoms with Crippen molar-refractivity contribution in [2.24, 2.45) is 5.92 Å². The second kappa shape index (κ2) is 11.9. The number of nitrogens with zero attached hydrogens (tertiary/aromatic N) is 1. The molecule has 1 fully saturated rings. The highest BCUT2D eigenvalue weighted by Gasteiger charge is 2.46. The second-order valence-corrected chi connectivity index (χ2v) is 10.1. The first-order valence-corrected chi connectivity index (χ1v) is 13.2. The molecule has 2 heterocycles. The molecule has 1 saturated heterocycles. The van der Waals surface area contributed by atoms with E-state index in [1.165, 1.54) is 12.0 Å². The zero-order chi connectivity index (χ0) is 27.4. The number of hydrogen-bond donors (Lipinski definition) is 1. The van der Waals surface area contributed by atoms with Gasteiger partial charge in [0.25, 0.3) is 11.7 Å².